The van der Waals surface area contributed by atoms with Crippen molar-refractivity contribution in [1.29, 1.82) is 0 Å². The van der Waals surface area contributed by atoms with Crippen molar-refractivity contribution in [1.82, 2.24) is 4.90 Å². The highest BCUT2D eigenvalue weighted by atomic mass is 16.1. The second-order valence-corrected chi connectivity index (χ2v) is 4.70. The van der Waals surface area contributed by atoms with Crippen LogP contribution in [0, 0.1) is 5.92 Å². The van der Waals surface area contributed by atoms with Crippen LogP contribution in [0.2, 0.25) is 0 Å². The Morgan fingerprint density at radius 2 is 2.21 bits per heavy atom. The highest BCUT2D eigenvalue weighted by Gasteiger charge is 2.32. The molecule has 1 fully saturated rings. The number of carbonyl (C=O) groups is 1. The van der Waals surface area contributed by atoms with Gasteiger partial charge >= 0.3 is 0 Å². The molecule has 1 saturated heterocycles. The van der Waals surface area contributed by atoms with E-state index in [2.05, 4.69) is 18.7 Å². The molecule has 0 aromatic carbocycles. The van der Waals surface area contributed by atoms with E-state index in [9.17, 15) is 4.79 Å². The minimum atomic E-state index is -0.178. The van der Waals surface area contributed by atoms with Crippen molar-refractivity contribution in [2.75, 3.05) is 19.6 Å². The molecule has 1 unspecified atom stereocenters. The molecule has 4 heteroatoms. The van der Waals surface area contributed by atoms with Crippen LogP contribution in [0.5, 0.6) is 0 Å². The number of piperidine rings is 1. The van der Waals surface area contributed by atoms with Crippen LogP contribution in [0.1, 0.15) is 26.7 Å². The van der Waals surface area contributed by atoms with Crippen molar-refractivity contribution in [3.63, 3.8) is 0 Å². The summed E-state index contributed by atoms with van der Waals surface area (Å²) in [7, 11) is 0. The van der Waals surface area contributed by atoms with Crippen LogP contribution in [-0.2, 0) is 4.79 Å². The normalized spacial score (nSPS) is 24.9. The van der Waals surface area contributed by atoms with Crippen LogP contribution in [0.4, 0.5) is 0 Å². The zero-order valence-electron chi connectivity index (χ0n) is 9.12. The summed E-state index contributed by atoms with van der Waals surface area (Å²) >= 11 is 0. The van der Waals surface area contributed by atoms with Gasteiger partial charge in [0.05, 0.1) is 5.92 Å². The van der Waals surface area contributed by atoms with Crippen LogP contribution in [0.15, 0.2) is 0 Å². The van der Waals surface area contributed by atoms with Crippen molar-refractivity contribution in [2.24, 2.45) is 17.4 Å². The zero-order chi connectivity index (χ0) is 10.8. The first-order valence-corrected chi connectivity index (χ1v) is 5.22. The second-order valence-electron chi connectivity index (χ2n) is 4.70. The third-order valence-electron chi connectivity index (χ3n) is 3.18. The van der Waals surface area contributed by atoms with Crippen molar-refractivity contribution in [3.8, 4) is 0 Å². The molecule has 0 aromatic rings. The number of nitrogens with zero attached hydrogens (tertiary/aromatic N) is 1. The van der Waals surface area contributed by atoms with Gasteiger partial charge in [-0.15, -0.1) is 0 Å². The fraction of sp³-hybridized carbons (Fsp3) is 0.900. The molecule has 1 aliphatic rings. The fourth-order valence-corrected chi connectivity index (χ4v) is 1.89. The standard InChI is InChI=1S/C10H21N3O/c1-10(2,7-11)13-5-3-4-8(6-13)9(12)14/h8H,3-7,11H2,1-2H3,(H2,12,14). The first-order valence-electron chi connectivity index (χ1n) is 5.22. The van der Waals surface area contributed by atoms with Gasteiger partial charge in [0, 0.05) is 18.6 Å². The predicted molar refractivity (Wildman–Crippen MR) is 56.6 cm³/mol. The number of likely N-dealkylation sites (tertiary alicyclic amines) is 1. The first-order chi connectivity index (χ1) is 6.47. The van der Waals surface area contributed by atoms with Gasteiger partial charge in [0.2, 0.25) is 5.91 Å². The molecule has 4 N–H and O–H groups in total. The summed E-state index contributed by atoms with van der Waals surface area (Å²) in [5, 5.41) is 0. The Morgan fingerprint density at radius 1 is 1.57 bits per heavy atom. The fourth-order valence-electron chi connectivity index (χ4n) is 1.89. The first kappa shape index (κ1) is 11.5. The number of carbonyl (C=O) groups excluding carboxylic acids is 1. The van der Waals surface area contributed by atoms with E-state index < -0.39 is 0 Å². The van der Waals surface area contributed by atoms with Gasteiger partial charge in [-0.25, -0.2) is 0 Å². The lowest BCUT2D eigenvalue weighted by Crippen LogP contribution is -2.54. The van der Waals surface area contributed by atoms with Gasteiger partial charge < -0.3 is 11.5 Å². The molecule has 0 bridgehead atoms. The number of primary amides is 1. The molecule has 1 amide bonds. The molecule has 0 spiro atoms. The molecule has 1 atom stereocenters. The minimum Gasteiger partial charge on any atom is -0.369 e. The second kappa shape index (κ2) is 4.28. The average molecular weight is 199 g/mol. The molecule has 14 heavy (non-hydrogen) atoms. The molecule has 1 aliphatic heterocycles. The summed E-state index contributed by atoms with van der Waals surface area (Å²) in [5.74, 6) is -0.169. The van der Waals surface area contributed by atoms with Gasteiger partial charge in [0.15, 0.2) is 0 Å². The lowest BCUT2D eigenvalue weighted by Gasteiger charge is -2.42. The highest BCUT2D eigenvalue weighted by molar-refractivity contribution is 5.76. The van der Waals surface area contributed by atoms with Crippen molar-refractivity contribution < 1.29 is 4.79 Å². The van der Waals surface area contributed by atoms with Gasteiger partial charge in [-0.05, 0) is 33.2 Å². The Hall–Kier alpha value is -0.610. The number of hydrogen-bond donors (Lipinski definition) is 2. The molecular formula is C10H21N3O. The average Bonchev–Trinajstić information content (AvgIpc) is 2.18. The van der Waals surface area contributed by atoms with Gasteiger partial charge in [-0.2, -0.15) is 0 Å². The monoisotopic (exact) mass is 199 g/mol. The smallest absolute Gasteiger partial charge is 0.221 e. The summed E-state index contributed by atoms with van der Waals surface area (Å²) < 4.78 is 0. The van der Waals surface area contributed by atoms with E-state index in [-0.39, 0.29) is 17.4 Å². The van der Waals surface area contributed by atoms with E-state index in [1.165, 1.54) is 0 Å². The Balaban J connectivity index is 2.60. The lowest BCUT2D eigenvalue weighted by atomic mass is 9.92. The van der Waals surface area contributed by atoms with E-state index in [0.717, 1.165) is 25.9 Å². The van der Waals surface area contributed by atoms with E-state index in [4.69, 9.17) is 11.5 Å². The molecule has 0 saturated carbocycles. The molecular weight excluding hydrogens is 178 g/mol. The van der Waals surface area contributed by atoms with Crippen LogP contribution < -0.4 is 11.5 Å². The molecule has 0 aromatic heterocycles. The number of nitrogens with two attached hydrogens (primary N) is 2. The summed E-state index contributed by atoms with van der Waals surface area (Å²) in [4.78, 5) is 13.3. The Bertz CT molecular complexity index is 215. The minimum absolute atomic E-state index is 0.00887. The maximum Gasteiger partial charge on any atom is 0.221 e. The van der Waals surface area contributed by atoms with E-state index in [1.54, 1.807) is 0 Å². The van der Waals surface area contributed by atoms with Crippen LogP contribution in [0.25, 0.3) is 0 Å². The molecule has 4 nitrogen and oxygen atoms in total. The quantitative estimate of drug-likeness (QED) is 0.668. The molecule has 0 aliphatic carbocycles. The van der Waals surface area contributed by atoms with Crippen molar-refractivity contribution in [2.45, 2.75) is 32.2 Å². The van der Waals surface area contributed by atoms with Gasteiger partial charge in [-0.3, -0.25) is 9.69 Å². The van der Waals surface area contributed by atoms with Crippen LogP contribution >= 0.6 is 0 Å². The van der Waals surface area contributed by atoms with Crippen LogP contribution in [-0.4, -0.2) is 36.0 Å². The van der Waals surface area contributed by atoms with E-state index in [0.29, 0.717) is 6.54 Å². The SMILES string of the molecule is CC(C)(CN)N1CCCC(C(N)=O)C1. The summed E-state index contributed by atoms with van der Waals surface area (Å²) in [6.07, 6.45) is 1.96. The highest BCUT2D eigenvalue weighted by Crippen LogP contribution is 2.23. The largest absolute Gasteiger partial charge is 0.369 e. The topological polar surface area (TPSA) is 72.3 Å². The third-order valence-corrected chi connectivity index (χ3v) is 3.18. The Kier molecular flexibility index (Phi) is 3.50. The zero-order valence-corrected chi connectivity index (χ0v) is 9.12. The van der Waals surface area contributed by atoms with Gasteiger partial charge in [0.1, 0.15) is 0 Å². The molecule has 1 rings (SSSR count). The Morgan fingerprint density at radius 3 is 2.71 bits per heavy atom. The molecule has 82 valence electrons. The van der Waals surface area contributed by atoms with Crippen molar-refractivity contribution in [3.05, 3.63) is 0 Å². The summed E-state index contributed by atoms with van der Waals surface area (Å²) in [5.41, 5.74) is 11.0. The maximum atomic E-state index is 11.1. The number of rotatable bonds is 3. The van der Waals surface area contributed by atoms with Gasteiger partial charge in [0.25, 0.3) is 0 Å². The maximum absolute atomic E-state index is 11.1. The van der Waals surface area contributed by atoms with Gasteiger partial charge in [-0.1, -0.05) is 0 Å². The summed E-state index contributed by atoms with van der Waals surface area (Å²) in [6.45, 7) is 6.61. The number of amides is 1. The predicted octanol–water partition coefficient (Wildman–Crippen LogP) is -0.0790. The van der Waals surface area contributed by atoms with Crippen molar-refractivity contribution >= 4 is 5.91 Å². The summed E-state index contributed by atoms with van der Waals surface area (Å²) in [6, 6.07) is 0. The third kappa shape index (κ3) is 2.45. The van der Waals surface area contributed by atoms with Crippen LogP contribution in [0.3, 0.4) is 0 Å². The van der Waals surface area contributed by atoms with E-state index >= 15 is 0 Å². The van der Waals surface area contributed by atoms with E-state index in [1.807, 2.05) is 0 Å². The molecule has 1 heterocycles. The lowest BCUT2D eigenvalue weighted by molar-refractivity contribution is -0.124. The molecule has 0 radical (unpaired) electrons. The number of hydrogen-bond acceptors (Lipinski definition) is 3. The Labute approximate surface area is 85.6 Å².